The highest BCUT2D eigenvalue weighted by Gasteiger charge is 2.54. The molecule has 1 rings (SSSR count). The molecule has 0 aromatic heterocycles. The lowest BCUT2D eigenvalue weighted by atomic mass is 9.92. The first-order valence-electron chi connectivity index (χ1n) is 4.48. The number of aliphatic hydroxyl groups is 1. The highest BCUT2D eigenvalue weighted by Crippen LogP contribution is 2.38. The lowest BCUT2D eigenvalue weighted by Crippen LogP contribution is -2.48. The number of rotatable bonds is 2. The van der Waals surface area contributed by atoms with Gasteiger partial charge in [-0.2, -0.15) is 13.2 Å². The lowest BCUT2D eigenvalue weighted by molar-refractivity contribution is -0.262. The molecule has 0 fully saturated rings. The number of benzene rings is 1. The standard InChI is InChI=1S/C10H11F4NO/c1-6-4-7(2-3-8(6)11)9(16,5-15)10(12,13)14/h2-4,16H,5,15H2,1H3. The van der Waals surface area contributed by atoms with Crippen LogP contribution in [-0.2, 0) is 5.60 Å². The fourth-order valence-corrected chi connectivity index (χ4v) is 1.30. The molecule has 0 aliphatic heterocycles. The molecule has 1 aromatic rings. The second kappa shape index (κ2) is 4.03. The summed E-state index contributed by atoms with van der Waals surface area (Å²) in [6, 6.07) is 2.69. The summed E-state index contributed by atoms with van der Waals surface area (Å²) in [6.07, 6.45) is -4.90. The number of aryl methyl sites for hydroxylation is 1. The van der Waals surface area contributed by atoms with Crippen LogP contribution in [0.3, 0.4) is 0 Å². The zero-order valence-electron chi connectivity index (χ0n) is 8.48. The van der Waals surface area contributed by atoms with Crippen molar-refractivity contribution in [1.29, 1.82) is 0 Å². The van der Waals surface area contributed by atoms with E-state index in [1.54, 1.807) is 0 Å². The maximum Gasteiger partial charge on any atom is 0.422 e. The second-order valence-electron chi connectivity index (χ2n) is 3.53. The molecule has 1 unspecified atom stereocenters. The van der Waals surface area contributed by atoms with Gasteiger partial charge in [-0.25, -0.2) is 4.39 Å². The van der Waals surface area contributed by atoms with Crippen molar-refractivity contribution >= 4 is 0 Å². The molecule has 6 heteroatoms. The topological polar surface area (TPSA) is 46.2 Å². The Balaban J connectivity index is 3.29. The van der Waals surface area contributed by atoms with Crippen LogP contribution in [0.5, 0.6) is 0 Å². The van der Waals surface area contributed by atoms with E-state index in [-0.39, 0.29) is 5.56 Å². The zero-order valence-corrected chi connectivity index (χ0v) is 8.48. The van der Waals surface area contributed by atoms with Gasteiger partial charge in [-0.1, -0.05) is 6.07 Å². The Bertz CT molecular complexity index is 391. The molecule has 0 radical (unpaired) electrons. The first-order valence-corrected chi connectivity index (χ1v) is 4.48. The SMILES string of the molecule is Cc1cc(C(O)(CN)C(F)(F)F)ccc1F. The third kappa shape index (κ3) is 2.03. The summed E-state index contributed by atoms with van der Waals surface area (Å²) in [6.45, 7) is 0.299. The van der Waals surface area contributed by atoms with Gasteiger partial charge in [-0.3, -0.25) is 0 Å². The molecule has 0 saturated carbocycles. The molecule has 90 valence electrons. The van der Waals surface area contributed by atoms with E-state index in [0.717, 1.165) is 18.2 Å². The summed E-state index contributed by atoms with van der Waals surface area (Å²) in [5, 5.41) is 9.47. The number of hydrogen-bond donors (Lipinski definition) is 2. The van der Waals surface area contributed by atoms with Crippen molar-refractivity contribution in [3.8, 4) is 0 Å². The van der Waals surface area contributed by atoms with Crippen LogP contribution in [0.15, 0.2) is 18.2 Å². The molecular weight excluding hydrogens is 226 g/mol. The quantitative estimate of drug-likeness (QED) is 0.771. The molecule has 0 bridgehead atoms. The van der Waals surface area contributed by atoms with Gasteiger partial charge in [0.2, 0.25) is 0 Å². The average Bonchev–Trinajstić information content (AvgIpc) is 2.19. The van der Waals surface area contributed by atoms with Gasteiger partial charge in [-0.15, -0.1) is 0 Å². The Hall–Kier alpha value is -1.14. The fourth-order valence-electron chi connectivity index (χ4n) is 1.30. The van der Waals surface area contributed by atoms with Gasteiger partial charge in [-0.05, 0) is 30.2 Å². The van der Waals surface area contributed by atoms with E-state index in [0.29, 0.717) is 0 Å². The summed E-state index contributed by atoms with van der Waals surface area (Å²) in [4.78, 5) is 0. The third-order valence-electron chi connectivity index (χ3n) is 2.40. The van der Waals surface area contributed by atoms with Crippen molar-refractivity contribution in [2.24, 2.45) is 5.73 Å². The van der Waals surface area contributed by atoms with Crippen LogP contribution in [-0.4, -0.2) is 17.8 Å². The largest absolute Gasteiger partial charge is 0.422 e. The van der Waals surface area contributed by atoms with E-state index in [9.17, 15) is 22.7 Å². The Kier molecular flexibility index (Phi) is 3.25. The average molecular weight is 237 g/mol. The van der Waals surface area contributed by atoms with Gasteiger partial charge in [0.1, 0.15) is 5.82 Å². The van der Waals surface area contributed by atoms with Crippen LogP contribution in [0.1, 0.15) is 11.1 Å². The summed E-state index contributed by atoms with van der Waals surface area (Å²) < 4.78 is 50.7. The first-order chi connectivity index (χ1) is 7.22. The number of halogens is 4. The molecule has 0 saturated heterocycles. The Morgan fingerprint density at radius 3 is 2.25 bits per heavy atom. The van der Waals surface area contributed by atoms with Gasteiger partial charge < -0.3 is 10.8 Å². The van der Waals surface area contributed by atoms with E-state index in [4.69, 9.17) is 5.73 Å². The minimum atomic E-state index is -4.90. The van der Waals surface area contributed by atoms with Crippen LogP contribution < -0.4 is 5.73 Å². The number of hydrogen-bond acceptors (Lipinski definition) is 2. The van der Waals surface area contributed by atoms with Gasteiger partial charge in [0, 0.05) is 6.54 Å². The monoisotopic (exact) mass is 237 g/mol. The van der Waals surface area contributed by atoms with E-state index < -0.39 is 29.7 Å². The Morgan fingerprint density at radius 2 is 1.88 bits per heavy atom. The molecule has 0 aliphatic carbocycles. The third-order valence-corrected chi connectivity index (χ3v) is 2.40. The summed E-state index contributed by atoms with van der Waals surface area (Å²) in [5.41, 5.74) is 1.38. The van der Waals surface area contributed by atoms with Gasteiger partial charge in [0.25, 0.3) is 0 Å². The van der Waals surface area contributed by atoms with Crippen molar-refractivity contribution in [2.45, 2.75) is 18.7 Å². The summed E-state index contributed by atoms with van der Waals surface area (Å²) >= 11 is 0. The molecule has 0 aliphatic rings. The summed E-state index contributed by atoms with van der Waals surface area (Å²) in [5.74, 6) is -0.634. The second-order valence-corrected chi connectivity index (χ2v) is 3.53. The smallest absolute Gasteiger partial charge is 0.375 e. The van der Waals surface area contributed by atoms with Crippen LogP contribution in [0.25, 0.3) is 0 Å². The Morgan fingerprint density at radius 1 is 1.31 bits per heavy atom. The Labute approximate surface area is 89.7 Å². The van der Waals surface area contributed by atoms with Crippen molar-refractivity contribution in [3.63, 3.8) is 0 Å². The molecular formula is C10H11F4NO. The van der Waals surface area contributed by atoms with Gasteiger partial charge >= 0.3 is 6.18 Å². The van der Waals surface area contributed by atoms with E-state index in [1.807, 2.05) is 0 Å². The number of nitrogens with two attached hydrogens (primary N) is 1. The number of alkyl halides is 3. The van der Waals surface area contributed by atoms with Crippen LogP contribution in [0, 0.1) is 12.7 Å². The van der Waals surface area contributed by atoms with Crippen LogP contribution in [0.2, 0.25) is 0 Å². The lowest BCUT2D eigenvalue weighted by Gasteiger charge is -2.29. The van der Waals surface area contributed by atoms with Crippen LogP contribution >= 0.6 is 0 Å². The maximum absolute atomic E-state index is 12.9. The molecule has 0 heterocycles. The molecule has 0 spiro atoms. The van der Waals surface area contributed by atoms with Gasteiger partial charge in [0.05, 0.1) is 0 Å². The minimum Gasteiger partial charge on any atom is -0.375 e. The minimum absolute atomic E-state index is 0.0219. The highest BCUT2D eigenvalue weighted by molar-refractivity contribution is 5.30. The fraction of sp³-hybridized carbons (Fsp3) is 0.400. The molecule has 1 aromatic carbocycles. The van der Waals surface area contributed by atoms with Crippen molar-refractivity contribution in [2.75, 3.05) is 6.54 Å². The van der Waals surface area contributed by atoms with E-state index in [2.05, 4.69) is 0 Å². The van der Waals surface area contributed by atoms with Gasteiger partial charge in [0.15, 0.2) is 5.60 Å². The zero-order chi connectivity index (χ0) is 12.6. The maximum atomic E-state index is 12.9. The molecule has 3 N–H and O–H groups in total. The predicted octanol–water partition coefficient (Wildman–Crippen LogP) is 1.84. The first kappa shape index (κ1) is 12.9. The van der Waals surface area contributed by atoms with Crippen molar-refractivity contribution in [1.82, 2.24) is 0 Å². The highest BCUT2D eigenvalue weighted by atomic mass is 19.4. The van der Waals surface area contributed by atoms with Crippen LogP contribution in [0.4, 0.5) is 17.6 Å². The van der Waals surface area contributed by atoms with E-state index >= 15 is 0 Å². The van der Waals surface area contributed by atoms with E-state index in [1.165, 1.54) is 6.92 Å². The molecule has 1 atom stereocenters. The molecule has 16 heavy (non-hydrogen) atoms. The summed E-state index contributed by atoms with van der Waals surface area (Å²) in [7, 11) is 0. The molecule has 2 nitrogen and oxygen atoms in total. The predicted molar refractivity (Wildman–Crippen MR) is 50.1 cm³/mol. The van der Waals surface area contributed by atoms with Crippen molar-refractivity contribution < 1.29 is 22.7 Å². The molecule has 0 amide bonds. The van der Waals surface area contributed by atoms with Crippen molar-refractivity contribution in [3.05, 3.63) is 35.1 Å². The normalized spacial score (nSPS) is 15.9.